The molecule has 0 spiro atoms. The third-order valence-corrected chi connectivity index (χ3v) is 4.04. The first kappa shape index (κ1) is 18.0. The summed E-state index contributed by atoms with van der Waals surface area (Å²) in [6.07, 6.45) is 3.07. The van der Waals surface area contributed by atoms with Crippen LogP contribution in [0.2, 0.25) is 0 Å². The maximum atomic E-state index is 12.2. The minimum Gasteiger partial charge on any atom is -0.497 e. The van der Waals surface area contributed by atoms with Crippen LogP contribution in [-0.2, 0) is 11.2 Å². The molecule has 0 aliphatic rings. The average molecular weight is 326 g/mol. The second kappa shape index (κ2) is 9.06. The van der Waals surface area contributed by atoms with E-state index < -0.39 is 0 Å². The van der Waals surface area contributed by atoms with E-state index in [4.69, 9.17) is 4.74 Å². The molecule has 1 aromatic carbocycles. The SMILES string of the molecule is CCC(NC(=O)CCCc1ccc(OC)cc1)c1cccc(C)n1. The number of amides is 1. The molecule has 2 aromatic rings. The maximum absolute atomic E-state index is 12.2. The summed E-state index contributed by atoms with van der Waals surface area (Å²) in [6, 6.07) is 13.9. The molecule has 4 nitrogen and oxygen atoms in total. The molecule has 0 saturated carbocycles. The largest absolute Gasteiger partial charge is 0.497 e. The molecule has 1 unspecified atom stereocenters. The fourth-order valence-electron chi connectivity index (χ4n) is 2.66. The van der Waals surface area contributed by atoms with Gasteiger partial charge in [-0.25, -0.2) is 0 Å². The van der Waals surface area contributed by atoms with Crippen molar-refractivity contribution in [3.8, 4) is 5.75 Å². The number of hydrogen-bond acceptors (Lipinski definition) is 3. The van der Waals surface area contributed by atoms with Gasteiger partial charge in [0.1, 0.15) is 5.75 Å². The Kier molecular flexibility index (Phi) is 6.79. The Labute approximate surface area is 144 Å². The highest BCUT2D eigenvalue weighted by molar-refractivity contribution is 5.76. The van der Waals surface area contributed by atoms with Gasteiger partial charge in [0.15, 0.2) is 0 Å². The molecule has 0 fully saturated rings. The highest BCUT2D eigenvalue weighted by atomic mass is 16.5. The van der Waals surface area contributed by atoms with Gasteiger partial charge in [-0.2, -0.15) is 0 Å². The van der Waals surface area contributed by atoms with Gasteiger partial charge in [-0.05, 0) is 56.0 Å². The van der Waals surface area contributed by atoms with Crippen LogP contribution in [0.15, 0.2) is 42.5 Å². The van der Waals surface area contributed by atoms with Gasteiger partial charge < -0.3 is 10.1 Å². The number of nitrogens with one attached hydrogen (secondary N) is 1. The number of aryl methyl sites for hydroxylation is 2. The Morgan fingerprint density at radius 3 is 2.58 bits per heavy atom. The lowest BCUT2D eigenvalue weighted by Crippen LogP contribution is -2.28. The van der Waals surface area contributed by atoms with Gasteiger partial charge in [0.05, 0.1) is 18.8 Å². The van der Waals surface area contributed by atoms with E-state index in [9.17, 15) is 4.79 Å². The van der Waals surface area contributed by atoms with Gasteiger partial charge in [0.25, 0.3) is 0 Å². The van der Waals surface area contributed by atoms with E-state index in [0.29, 0.717) is 6.42 Å². The Morgan fingerprint density at radius 2 is 1.96 bits per heavy atom. The van der Waals surface area contributed by atoms with Gasteiger partial charge in [0.2, 0.25) is 5.91 Å². The van der Waals surface area contributed by atoms with Crippen molar-refractivity contribution < 1.29 is 9.53 Å². The second-order valence-electron chi connectivity index (χ2n) is 5.93. The normalized spacial score (nSPS) is 11.8. The second-order valence-corrected chi connectivity index (χ2v) is 5.93. The molecule has 1 atom stereocenters. The van der Waals surface area contributed by atoms with Crippen molar-refractivity contribution in [1.29, 1.82) is 0 Å². The molecule has 1 N–H and O–H groups in total. The number of nitrogens with zero attached hydrogens (tertiary/aromatic N) is 1. The van der Waals surface area contributed by atoms with Crippen molar-refractivity contribution in [3.63, 3.8) is 0 Å². The lowest BCUT2D eigenvalue weighted by Gasteiger charge is -2.17. The number of aromatic nitrogens is 1. The molecule has 0 aliphatic heterocycles. The summed E-state index contributed by atoms with van der Waals surface area (Å²) in [5.41, 5.74) is 3.12. The van der Waals surface area contributed by atoms with Crippen LogP contribution in [0.25, 0.3) is 0 Å². The molecular weight excluding hydrogens is 300 g/mol. The third kappa shape index (κ3) is 5.37. The van der Waals surface area contributed by atoms with E-state index in [2.05, 4.69) is 17.2 Å². The van der Waals surface area contributed by atoms with Crippen LogP contribution in [0.3, 0.4) is 0 Å². The first-order chi connectivity index (χ1) is 11.6. The number of benzene rings is 1. The Bertz CT molecular complexity index is 653. The Morgan fingerprint density at radius 1 is 1.21 bits per heavy atom. The monoisotopic (exact) mass is 326 g/mol. The quantitative estimate of drug-likeness (QED) is 0.798. The number of carbonyl (C=O) groups is 1. The van der Waals surface area contributed by atoms with E-state index in [-0.39, 0.29) is 11.9 Å². The minimum absolute atomic E-state index is 0.0154. The third-order valence-electron chi connectivity index (χ3n) is 4.04. The first-order valence-electron chi connectivity index (χ1n) is 8.48. The van der Waals surface area contributed by atoms with E-state index in [1.54, 1.807) is 7.11 Å². The van der Waals surface area contributed by atoms with E-state index >= 15 is 0 Å². The molecule has 2 rings (SSSR count). The van der Waals surface area contributed by atoms with Crippen LogP contribution in [0, 0.1) is 6.92 Å². The minimum atomic E-state index is -0.0154. The number of methoxy groups -OCH3 is 1. The van der Waals surface area contributed by atoms with Crippen molar-refractivity contribution in [1.82, 2.24) is 10.3 Å². The zero-order valence-corrected chi connectivity index (χ0v) is 14.7. The van der Waals surface area contributed by atoms with E-state index in [0.717, 1.165) is 36.4 Å². The molecule has 4 heteroatoms. The van der Waals surface area contributed by atoms with Crippen molar-refractivity contribution in [2.24, 2.45) is 0 Å². The molecule has 1 aromatic heterocycles. The summed E-state index contributed by atoms with van der Waals surface area (Å²) in [4.78, 5) is 16.7. The van der Waals surface area contributed by atoms with Crippen LogP contribution < -0.4 is 10.1 Å². The predicted molar refractivity (Wildman–Crippen MR) is 96.1 cm³/mol. The number of rotatable bonds is 8. The zero-order valence-electron chi connectivity index (χ0n) is 14.7. The molecule has 0 aliphatic carbocycles. The molecular formula is C20H26N2O2. The highest BCUT2D eigenvalue weighted by Gasteiger charge is 2.13. The van der Waals surface area contributed by atoms with Gasteiger partial charge in [-0.1, -0.05) is 25.1 Å². The van der Waals surface area contributed by atoms with E-state index in [1.165, 1.54) is 5.56 Å². The number of ether oxygens (including phenoxy) is 1. The lowest BCUT2D eigenvalue weighted by molar-refractivity contribution is -0.122. The smallest absolute Gasteiger partial charge is 0.220 e. The van der Waals surface area contributed by atoms with Crippen LogP contribution >= 0.6 is 0 Å². The van der Waals surface area contributed by atoms with Crippen LogP contribution in [0.4, 0.5) is 0 Å². The number of pyridine rings is 1. The Balaban J connectivity index is 1.81. The van der Waals surface area contributed by atoms with Crippen molar-refractivity contribution in [2.75, 3.05) is 7.11 Å². The van der Waals surface area contributed by atoms with Crippen molar-refractivity contribution in [3.05, 3.63) is 59.4 Å². The molecule has 1 amide bonds. The molecule has 0 radical (unpaired) electrons. The van der Waals surface area contributed by atoms with Gasteiger partial charge in [0, 0.05) is 12.1 Å². The molecule has 0 bridgehead atoms. The fraction of sp³-hybridized carbons (Fsp3) is 0.400. The predicted octanol–water partition coefficient (Wildman–Crippen LogP) is 3.99. The molecule has 0 saturated heterocycles. The van der Waals surface area contributed by atoms with Gasteiger partial charge >= 0.3 is 0 Å². The van der Waals surface area contributed by atoms with Gasteiger partial charge in [-0.3, -0.25) is 9.78 Å². The molecule has 1 heterocycles. The summed E-state index contributed by atoms with van der Waals surface area (Å²) < 4.78 is 5.15. The Hall–Kier alpha value is -2.36. The van der Waals surface area contributed by atoms with Crippen molar-refractivity contribution in [2.45, 2.75) is 45.6 Å². The number of carbonyl (C=O) groups excluding carboxylic acids is 1. The summed E-state index contributed by atoms with van der Waals surface area (Å²) in [5, 5.41) is 3.09. The van der Waals surface area contributed by atoms with Gasteiger partial charge in [-0.15, -0.1) is 0 Å². The maximum Gasteiger partial charge on any atom is 0.220 e. The highest BCUT2D eigenvalue weighted by Crippen LogP contribution is 2.16. The first-order valence-corrected chi connectivity index (χ1v) is 8.48. The number of hydrogen-bond donors (Lipinski definition) is 1. The summed E-state index contributed by atoms with van der Waals surface area (Å²) >= 11 is 0. The van der Waals surface area contributed by atoms with Crippen molar-refractivity contribution >= 4 is 5.91 Å². The zero-order chi connectivity index (χ0) is 17.4. The van der Waals surface area contributed by atoms with Crippen LogP contribution in [0.1, 0.15) is 49.2 Å². The summed E-state index contributed by atoms with van der Waals surface area (Å²) in [5.74, 6) is 0.937. The average Bonchev–Trinajstić information content (AvgIpc) is 2.60. The fourth-order valence-corrected chi connectivity index (χ4v) is 2.66. The lowest BCUT2D eigenvalue weighted by atomic mass is 10.1. The topological polar surface area (TPSA) is 51.2 Å². The summed E-state index contributed by atoms with van der Waals surface area (Å²) in [7, 11) is 1.66. The summed E-state index contributed by atoms with van der Waals surface area (Å²) in [6.45, 7) is 4.03. The standard InChI is InChI=1S/C20H26N2O2/c1-4-18(19-9-5-7-15(2)21-19)22-20(23)10-6-8-16-11-13-17(24-3)14-12-16/h5,7,9,11-14,18H,4,6,8,10H2,1-3H3,(H,22,23). The molecule has 24 heavy (non-hydrogen) atoms. The van der Waals surface area contributed by atoms with Crippen LogP contribution in [-0.4, -0.2) is 18.0 Å². The van der Waals surface area contributed by atoms with Crippen LogP contribution in [0.5, 0.6) is 5.75 Å². The molecule has 128 valence electrons. The van der Waals surface area contributed by atoms with E-state index in [1.807, 2.05) is 49.4 Å².